The second-order valence-corrected chi connectivity index (χ2v) is 6.02. The van der Waals surface area contributed by atoms with Gasteiger partial charge in [0.25, 0.3) is 0 Å². The lowest BCUT2D eigenvalue weighted by Crippen LogP contribution is -2.60. The monoisotopic (exact) mass is 273 g/mol. The maximum atomic E-state index is 10.6. The minimum absolute atomic E-state index is 0.00297. The van der Waals surface area contributed by atoms with Gasteiger partial charge in [0.2, 0.25) is 0 Å². The minimum Gasteiger partial charge on any atom is -0.389 e. The van der Waals surface area contributed by atoms with Gasteiger partial charge in [-0.1, -0.05) is 0 Å². The zero-order valence-electron chi connectivity index (χ0n) is 11.7. The highest BCUT2D eigenvalue weighted by Crippen LogP contribution is 2.39. The number of methoxy groups -OCH3 is 1. The Morgan fingerprint density at radius 2 is 2.16 bits per heavy atom. The van der Waals surface area contributed by atoms with Gasteiger partial charge < -0.3 is 24.1 Å². The third-order valence-corrected chi connectivity index (χ3v) is 4.23. The van der Waals surface area contributed by atoms with Gasteiger partial charge in [-0.25, -0.2) is 0 Å². The predicted octanol–water partition coefficient (Wildman–Crippen LogP) is -0.0556. The number of piperidine rings is 1. The molecule has 19 heavy (non-hydrogen) atoms. The van der Waals surface area contributed by atoms with Crippen molar-refractivity contribution >= 4 is 0 Å². The molecule has 0 bridgehead atoms. The standard InChI is InChI=1S/C13H23NO5/c1-13(2)18-9-6-14-5-4-8(17-7-16-3)10(14)11(15)12(9)19-13/h8-12,15H,4-7H2,1-3H3/t8-,9+,10+,11-,12-/m0/s1. The molecule has 0 aliphatic carbocycles. The fourth-order valence-electron chi connectivity index (χ4n) is 3.55. The van der Waals surface area contributed by atoms with Crippen LogP contribution in [0.2, 0.25) is 0 Å². The van der Waals surface area contributed by atoms with E-state index in [1.54, 1.807) is 7.11 Å². The molecule has 6 nitrogen and oxygen atoms in total. The molecule has 5 atom stereocenters. The molecule has 0 unspecified atom stereocenters. The van der Waals surface area contributed by atoms with E-state index in [2.05, 4.69) is 4.90 Å². The summed E-state index contributed by atoms with van der Waals surface area (Å²) in [6, 6.07) is -0.0195. The number of rotatable bonds is 3. The summed E-state index contributed by atoms with van der Waals surface area (Å²) in [5, 5.41) is 10.6. The van der Waals surface area contributed by atoms with Crippen molar-refractivity contribution in [2.75, 3.05) is 27.0 Å². The molecule has 0 amide bonds. The van der Waals surface area contributed by atoms with Crippen LogP contribution in [-0.2, 0) is 18.9 Å². The SMILES string of the molecule is COCO[C@H]1CCN2C[C@H]3OC(C)(C)O[C@@H]3[C@@H](O)[C@@H]12. The molecule has 0 saturated carbocycles. The first-order valence-electron chi connectivity index (χ1n) is 6.90. The molecule has 1 N–H and O–H groups in total. The molecular formula is C13H23NO5. The second-order valence-electron chi connectivity index (χ2n) is 6.02. The van der Waals surface area contributed by atoms with Crippen molar-refractivity contribution in [3.05, 3.63) is 0 Å². The topological polar surface area (TPSA) is 60.4 Å². The molecule has 6 heteroatoms. The summed E-state index contributed by atoms with van der Waals surface area (Å²) in [4.78, 5) is 2.25. The third-order valence-electron chi connectivity index (χ3n) is 4.23. The number of hydrogen-bond donors (Lipinski definition) is 1. The first-order valence-corrected chi connectivity index (χ1v) is 6.90. The maximum Gasteiger partial charge on any atom is 0.163 e. The molecule has 3 fully saturated rings. The maximum absolute atomic E-state index is 10.6. The average Bonchev–Trinajstić information content (AvgIpc) is 2.87. The fourth-order valence-corrected chi connectivity index (χ4v) is 3.55. The Morgan fingerprint density at radius 3 is 2.89 bits per heavy atom. The predicted molar refractivity (Wildman–Crippen MR) is 66.6 cm³/mol. The number of ether oxygens (including phenoxy) is 4. The number of nitrogens with zero attached hydrogens (tertiary/aromatic N) is 1. The van der Waals surface area contributed by atoms with Gasteiger partial charge in [0.1, 0.15) is 25.1 Å². The average molecular weight is 273 g/mol. The lowest BCUT2D eigenvalue weighted by atomic mass is 9.93. The summed E-state index contributed by atoms with van der Waals surface area (Å²) in [5.74, 6) is -0.612. The Morgan fingerprint density at radius 1 is 1.37 bits per heavy atom. The summed E-state index contributed by atoms with van der Waals surface area (Å²) in [5.41, 5.74) is 0. The van der Waals surface area contributed by atoms with E-state index in [1.165, 1.54) is 0 Å². The number of aliphatic hydroxyl groups excluding tert-OH is 1. The highest BCUT2D eigenvalue weighted by molar-refractivity contribution is 5.05. The Bertz CT molecular complexity index is 337. The van der Waals surface area contributed by atoms with E-state index in [-0.39, 0.29) is 31.1 Å². The van der Waals surface area contributed by atoms with Crippen LogP contribution in [0.5, 0.6) is 0 Å². The quantitative estimate of drug-likeness (QED) is 0.727. The molecule has 0 aromatic carbocycles. The van der Waals surface area contributed by atoms with Crippen molar-refractivity contribution in [1.29, 1.82) is 0 Å². The molecule has 0 spiro atoms. The van der Waals surface area contributed by atoms with Crippen molar-refractivity contribution in [2.24, 2.45) is 0 Å². The van der Waals surface area contributed by atoms with Crippen molar-refractivity contribution < 1.29 is 24.1 Å². The van der Waals surface area contributed by atoms with Crippen molar-refractivity contribution in [1.82, 2.24) is 4.90 Å². The number of fused-ring (bicyclic) bond motifs is 2. The van der Waals surface area contributed by atoms with Crippen molar-refractivity contribution in [3.63, 3.8) is 0 Å². The van der Waals surface area contributed by atoms with E-state index >= 15 is 0 Å². The van der Waals surface area contributed by atoms with Crippen LogP contribution in [0.4, 0.5) is 0 Å². The Kier molecular flexibility index (Phi) is 3.57. The van der Waals surface area contributed by atoms with E-state index in [9.17, 15) is 5.11 Å². The van der Waals surface area contributed by atoms with Crippen LogP contribution >= 0.6 is 0 Å². The molecule has 110 valence electrons. The summed E-state index contributed by atoms with van der Waals surface area (Å²) >= 11 is 0. The summed E-state index contributed by atoms with van der Waals surface area (Å²) in [6.45, 7) is 5.76. The zero-order valence-corrected chi connectivity index (χ0v) is 11.7. The molecule has 3 aliphatic rings. The molecule has 0 aromatic rings. The molecule has 3 aliphatic heterocycles. The summed E-state index contributed by atoms with van der Waals surface area (Å²) in [6.07, 6.45) is 0.0204. The smallest absolute Gasteiger partial charge is 0.163 e. The third kappa shape index (κ3) is 2.41. The fraction of sp³-hybridized carbons (Fsp3) is 1.00. The highest BCUT2D eigenvalue weighted by atomic mass is 16.8. The zero-order chi connectivity index (χ0) is 13.6. The van der Waals surface area contributed by atoms with Gasteiger partial charge in [-0.3, -0.25) is 4.90 Å². The van der Waals surface area contributed by atoms with Crippen LogP contribution in [0.1, 0.15) is 20.3 Å². The van der Waals surface area contributed by atoms with E-state index in [1.807, 2.05) is 13.8 Å². The van der Waals surface area contributed by atoms with Crippen molar-refractivity contribution in [2.45, 2.75) is 56.5 Å². The first-order chi connectivity index (χ1) is 9.02. The normalized spacial score (nSPS) is 45.2. The van der Waals surface area contributed by atoms with E-state index in [0.717, 1.165) is 19.5 Å². The van der Waals surface area contributed by atoms with Gasteiger partial charge in [-0.15, -0.1) is 0 Å². The molecular weight excluding hydrogens is 250 g/mol. The van der Waals surface area contributed by atoms with Gasteiger partial charge in [-0.2, -0.15) is 0 Å². The number of aliphatic hydroxyl groups is 1. The van der Waals surface area contributed by atoms with Crippen molar-refractivity contribution in [3.8, 4) is 0 Å². The van der Waals surface area contributed by atoms with Crippen LogP contribution in [0.15, 0.2) is 0 Å². The second kappa shape index (κ2) is 4.95. The van der Waals surface area contributed by atoms with Crippen LogP contribution in [0.25, 0.3) is 0 Å². The van der Waals surface area contributed by atoms with Gasteiger partial charge in [0.05, 0.1) is 12.1 Å². The molecule has 3 rings (SSSR count). The molecule has 3 heterocycles. The molecule has 0 aromatic heterocycles. The van der Waals surface area contributed by atoms with Gasteiger partial charge in [-0.05, 0) is 20.3 Å². The lowest BCUT2D eigenvalue weighted by Gasteiger charge is -2.41. The van der Waals surface area contributed by atoms with Crippen LogP contribution in [-0.4, -0.2) is 73.2 Å². The van der Waals surface area contributed by atoms with Crippen LogP contribution in [0.3, 0.4) is 0 Å². The number of hydrogen-bond acceptors (Lipinski definition) is 6. The van der Waals surface area contributed by atoms with E-state index in [4.69, 9.17) is 18.9 Å². The Labute approximate surface area is 113 Å². The summed E-state index contributed by atoms with van der Waals surface area (Å²) < 4.78 is 22.3. The van der Waals surface area contributed by atoms with Gasteiger partial charge >= 0.3 is 0 Å². The van der Waals surface area contributed by atoms with Gasteiger partial charge in [0.15, 0.2) is 5.79 Å². The Balaban J connectivity index is 1.72. The van der Waals surface area contributed by atoms with Crippen LogP contribution in [0, 0.1) is 0 Å². The van der Waals surface area contributed by atoms with Gasteiger partial charge in [0, 0.05) is 20.2 Å². The minimum atomic E-state index is -0.612. The van der Waals surface area contributed by atoms with E-state index < -0.39 is 11.9 Å². The van der Waals surface area contributed by atoms with E-state index in [0.29, 0.717) is 0 Å². The van der Waals surface area contributed by atoms with Crippen LogP contribution < -0.4 is 0 Å². The lowest BCUT2D eigenvalue weighted by molar-refractivity contribution is -0.161. The first kappa shape index (κ1) is 13.7. The molecule has 3 saturated heterocycles. The Hall–Kier alpha value is -0.240. The largest absolute Gasteiger partial charge is 0.389 e. The summed E-state index contributed by atoms with van der Waals surface area (Å²) in [7, 11) is 1.61. The molecule has 0 radical (unpaired) electrons. The highest BCUT2D eigenvalue weighted by Gasteiger charge is 2.55.